The van der Waals surface area contributed by atoms with E-state index in [-0.39, 0.29) is 17.4 Å². The zero-order chi connectivity index (χ0) is 12.5. The first-order valence-corrected chi connectivity index (χ1v) is 6.87. The molecular weight excluding hydrogens is 212 g/mol. The Kier molecular flexibility index (Phi) is 2.18. The second-order valence-corrected chi connectivity index (χ2v) is 7.32. The molecule has 0 aromatic rings. The minimum atomic E-state index is -0.528. The van der Waals surface area contributed by atoms with E-state index in [1.54, 1.807) is 0 Å². The first-order valence-electron chi connectivity index (χ1n) is 6.87. The van der Waals surface area contributed by atoms with Gasteiger partial charge in [-0.05, 0) is 55.9 Å². The van der Waals surface area contributed by atoms with Crippen LogP contribution in [0.15, 0.2) is 11.1 Å². The van der Waals surface area contributed by atoms with Crippen LogP contribution in [0.4, 0.5) is 0 Å². The van der Waals surface area contributed by atoms with Gasteiger partial charge >= 0.3 is 0 Å². The van der Waals surface area contributed by atoms with Gasteiger partial charge in [0.2, 0.25) is 0 Å². The van der Waals surface area contributed by atoms with Crippen molar-refractivity contribution in [2.45, 2.75) is 58.5 Å². The van der Waals surface area contributed by atoms with Crippen LogP contribution in [-0.4, -0.2) is 22.4 Å². The molecule has 0 spiro atoms. The number of aliphatic hydroxyl groups is 2. The predicted octanol–water partition coefficient (Wildman–Crippen LogP) is 2.65. The normalized spacial score (nSPS) is 53.1. The van der Waals surface area contributed by atoms with Crippen molar-refractivity contribution in [2.75, 3.05) is 6.61 Å². The fraction of sp³-hybridized carbons (Fsp3) is 0.867. The molecule has 0 radical (unpaired) electrons. The highest BCUT2D eigenvalue weighted by Crippen LogP contribution is 2.65. The molecule has 0 bridgehead atoms. The smallest absolute Gasteiger partial charge is 0.0910 e. The molecule has 3 aliphatic carbocycles. The third-order valence-corrected chi connectivity index (χ3v) is 6.07. The number of hydrogen-bond acceptors (Lipinski definition) is 2. The summed E-state index contributed by atoms with van der Waals surface area (Å²) in [5.74, 6) is 0.609. The molecule has 96 valence electrons. The molecule has 2 N–H and O–H groups in total. The maximum Gasteiger partial charge on any atom is 0.0910 e. The van der Waals surface area contributed by atoms with Gasteiger partial charge < -0.3 is 10.2 Å². The SMILES string of the molecule is CC1=C2C[C@@](C)(CO)C[C@H]2C[C@]2(C)CC[C@]12O. The Morgan fingerprint density at radius 3 is 2.47 bits per heavy atom. The molecule has 2 nitrogen and oxygen atoms in total. The van der Waals surface area contributed by atoms with Gasteiger partial charge in [-0.15, -0.1) is 0 Å². The van der Waals surface area contributed by atoms with E-state index in [1.165, 1.54) is 11.1 Å². The van der Waals surface area contributed by atoms with Gasteiger partial charge in [0.1, 0.15) is 0 Å². The van der Waals surface area contributed by atoms with Crippen LogP contribution in [0.1, 0.15) is 52.9 Å². The molecule has 0 unspecified atom stereocenters. The summed E-state index contributed by atoms with van der Waals surface area (Å²) < 4.78 is 0. The minimum Gasteiger partial charge on any atom is -0.396 e. The van der Waals surface area contributed by atoms with Crippen LogP contribution >= 0.6 is 0 Å². The number of rotatable bonds is 1. The molecular formula is C15H24O2. The molecule has 0 aromatic heterocycles. The van der Waals surface area contributed by atoms with Gasteiger partial charge in [0.15, 0.2) is 0 Å². The van der Waals surface area contributed by atoms with Crippen LogP contribution in [0.3, 0.4) is 0 Å². The molecule has 2 saturated carbocycles. The Morgan fingerprint density at radius 1 is 1.24 bits per heavy atom. The Hall–Kier alpha value is -0.340. The van der Waals surface area contributed by atoms with Crippen LogP contribution in [0.25, 0.3) is 0 Å². The van der Waals surface area contributed by atoms with Gasteiger partial charge in [0.25, 0.3) is 0 Å². The summed E-state index contributed by atoms with van der Waals surface area (Å²) in [6.45, 7) is 6.82. The van der Waals surface area contributed by atoms with Crippen LogP contribution < -0.4 is 0 Å². The van der Waals surface area contributed by atoms with Gasteiger partial charge in [0, 0.05) is 12.0 Å². The van der Waals surface area contributed by atoms with Gasteiger partial charge in [-0.25, -0.2) is 0 Å². The molecule has 17 heavy (non-hydrogen) atoms. The maximum atomic E-state index is 10.8. The molecule has 0 aliphatic heterocycles. The summed E-state index contributed by atoms with van der Waals surface area (Å²) >= 11 is 0. The van der Waals surface area contributed by atoms with Crippen molar-refractivity contribution in [3.63, 3.8) is 0 Å². The van der Waals surface area contributed by atoms with E-state index in [4.69, 9.17) is 0 Å². The van der Waals surface area contributed by atoms with E-state index in [2.05, 4.69) is 20.8 Å². The molecule has 0 saturated heterocycles. The third-order valence-electron chi connectivity index (χ3n) is 6.07. The van der Waals surface area contributed by atoms with Gasteiger partial charge in [0.05, 0.1) is 5.60 Å². The van der Waals surface area contributed by atoms with Crippen molar-refractivity contribution in [2.24, 2.45) is 16.7 Å². The Balaban J connectivity index is 2.02. The Morgan fingerprint density at radius 2 is 1.94 bits per heavy atom. The Labute approximate surface area is 104 Å². The van der Waals surface area contributed by atoms with E-state index in [0.717, 1.165) is 32.1 Å². The lowest BCUT2D eigenvalue weighted by atomic mass is 9.48. The van der Waals surface area contributed by atoms with Crippen molar-refractivity contribution < 1.29 is 10.2 Å². The zero-order valence-corrected chi connectivity index (χ0v) is 11.2. The molecule has 2 fully saturated rings. The average molecular weight is 236 g/mol. The van der Waals surface area contributed by atoms with Crippen molar-refractivity contribution in [1.29, 1.82) is 0 Å². The van der Waals surface area contributed by atoms with Crippen LogP contribution in [-0.2, 0) is 0 Å². The average Bonchev–Trinajstić information content (AvgIpc) is 2.62. The molecule has 4 atom stereocenters. The molecule has 3 aliphatic rings. The summed E-state index contributed by atoms with van der Waals surface area (Å²) in [4.78, 5) is 0. The van der Waals surface area contributed by atoms with Crippen molar-refractivity contribution in [1.82, 2.24) is 0 Å². The lowest BCUT2D eigenvalue weighted by Gasteiger charge is -2.59. The summed E-state index contributed by atoms with van der Waals surface area (Å²) in [7, 11) is 0. The molecule has 3 rings (SSSR count). The van der Waals surface area contributed by atoms with E-state index in [1.807, 2.05) is 0 Å². The van der Waals surface area contributed by atoms with Crippen LogP contribution in [0, 0.1) is 16.7 Å². The highest BCUT2D eigenvalue weighted by Gasteiger charge is 2.61. The monoisotopic (exact) mass is 236 g/mol. The zero-order valence-electron chi connectivity index (χ0n) is 11.2. The van der Waals surface area contributed by atoms with E-state index < -0.39 is 5.60 Å². The number of fused-ring (bicyclic) bond motifs is 2. The van der Waals surface area contributed by atoms with Crippen LogP contribution in [0.2, 0.25) is 0 Å². The van der Waals surface area contributed by atoms with Gasteiger partial charge in [-0.2, -0.15) is 0 Å². The highest BCUT2D eigenvalue weighted by atomic mass is 16.3. The molecule has 2 heteroatoms. The quantitative estimate of drug-likeness (QED) is 0.687. The van der Waals surface area contributed by atoms with Gasteiger partial charge in [-0.3, -0.25) is 0 Å². The van der Waals surface area contributed by atoms with Crippen molar-refractivity contribution >= 4 is 0 Å². The minimum absolute atomic E-state index is 0.0533. The highest BCUT2D eigenvalue weighted by molar-refractivity contribution is 5.38. The summed E-state index contributed by atoms with van der Waals surface area (Å²) in [6.07, 6.45) is 5.29. The summed E-state index contributed by atoms with van der Waals surface area (Å²) in [5.41, 5.74) is 2.32. The number of allylic oxidation sites excluding steroid dienone is 1. The second-order valence-electron chi connectivity index (χ2n) is 7.32. The van der Waals surface area contributed by atoms with Crippen LogP contribution in [0.5, 0.6) is 0 Å². The maximum absolute atomic E-state index is 10.8. The Bertz CT molecular complexity index is 400. The van der Waals surface area contributed by atoms with Crippen molar-refractivity contribution in [3.05, 3.63) is 11.1 Å². The fourth-order valence-corrected chi connectivity index (χ4v) is 4.66. The van der Waals surface area contributed by atoms with E-state index >= 15 is 0 Å². The second kappa shape index (κ2) is 3.16. The van der Waals surface area contributed by atoms with Crippen molar-refractivity contribution in [3.8, 4) is 0 Å². The number of hydrogen-bond donors (Lipinski definition) is 2. The standard InChI is InChI=1S/C15H24O2/c1-10-12-8-13(2,9-16)6-11(12)7-14(3)4-5-15(10,14)17/h11,16-17H,4-9H2,1-3H3/t11-,13-,14-,15-/m0/s1. The number of aliphatic hydroxyl groups excluding tert-OH is 1. The van der Waals surface area contributed by atoms with E-state index in [9.17, 15) is 10.2 Å². The van der Waals surface area contributed by atoms with Gasteiger partial charge in [-0.1, -0.05) is 19.4 Å². The van der Waals surface area contributed by atoms with E-state index in [0.29, 0.717) is 5.92 Å². The molecule has 0 amide bonds. The lowest BCUT2D eigenvalue weighted by molar-refractivity contribution is -0.146. The first kappa shape index (κ1) is 11.7. The lowest BCUT2D eigenvalue weighted by Crippen LogP contribution is -2.59. The molecule has 0 aromatic carbocycles. The largest absolute Gasteiger partial charge is 0.396 e. The predicted molar refractivity (Wildman–Crippen MR) is 67.5 cm³/mol. The fourth-order valence-electron chi connectivity index (χ4n) is 4.66. The third kappa shape index (κ3) is 1.29. The molecule has 0 heterocycles. The topological polar surface area (TPSA) is 40.5 Å². The summed E-state index contributed by atoms with van der Waals surface area (Å²) in [5, 5.41) is 20.4. The first-order chi connectivity index (χ1) is 7.84. The summed E-state index contributed by atoms with van der Waals surface area (Å²) in [6, 6.07) is 0.